The monoisotopic (exact) mass is 215 g/mol. The predicted octanol–water partition coefficient (Wildman–Crippen LogP) is 2.72. The minimum absolute atomic E-state index is 0.381. The topological polar surface area (TPSA) is 50.1 Å². The number of hydrogen-bond acceptors (Lipinski definition) is 3. The summed E-state index contributed by atoms with van der Waals surface area (Å²) in [6.07, 6.45) is 1.46. The van der Waals surface area contributed by atoms with Crippen molar-refractivity contribution in [3.05, 3.63) is 41.5 Å². The second-order valence-electron chi connectivity index (χ2n) is 3.54. The van der Waals surface area contributed by atoms with Crippen LogP contribution in [0.15, 0.2) is 30.4 Å². The van der Waals surface area contributed by atoms with Crippen molar-refractivity contribution in [3.63, 3.8) is 0 Å². The van der Waals surface area contributed by atoms with Crippen LogP contribution in [0.5, 0.6) is 5.75 Å². The number of nitriles is 1. The molecule has 1 aromatic carbocycles. The van der Waals surface area contributed by atoms with Gasteiger partial charge in [0, 0.05) is 12.0 Å². The maximum atomic E-state index is 10.5. The number of ether oxygens (including phenoxy) is 1. The minimum Gasteiger partial charge on any atom is -0.492 e. The zero-order chi connectivity index (χ0) is 12.0. The van der Waals surface area contributed by atoms with Gasteiger partial charge in [0.05, 0.1) is 12.2 Å². The first-order valence-electron chi connectivity index (χ1n) is 4.94. The molecule has 0 heterocycles. The van der Waals surface area contributed by atoms with Crippen LogP contribution < -0.4 is 4.74 Å². The van der Waals surface area contributed by atoms with E-state index in [1.807, 2.05) is 13.0 Å². The van der Waals surface area contributed by atoms with Gasteiger partial charge in [-0.05, 0) is 25.1 Å². The summed E-state index contributed by atoms with van der Waals surface area (Å²) in [7, 11) is 0. The second-order valence-corrected chi connectivity index (χ2v) is 3.54. The summed E-state index contributed by atoms with van der Waals surface area (Å²) in [5.74, 6) is 0.509. The number of carbonyl (C=O) groups excluding carboxylic acids is 1. The number of hydrogen-bond donors (Lipinski definition) is 0. The first kappa shape index (κ1) is 12.0. The van der Waals surface area contributed by atoms with Gasteiger partial charge in [0.15, 0.2) is 0 Å². The highest BCUT2D eigenvalue weighted by Gasteiger charge is 2.04. The molecular formula is C13H13NO2. The molecule has 82 valence electrons. The first-order valence-corrected chi connectivity index (χ1v) is 4.94. The molecule has 16 heavy (non-hydrogen) atoms. The van der Waals surface area contributed by atoms with Crippen LogP contribution in [0.2, 0.25) is 0 Å². The first-order chi connectivity index (χ1) is 7.67. The fourth-order valence-electron chi connectivity index (χ4n) is 1.17. The standard InChI is InChI=1S/C13H13NO2/c1-10(2)5-6-16-13-4-3-11(9-15)7-12(13)8-14/h3-4,7,9H,1,5-6H2,2H3. The summed E-state index contributed by atoms with van der Waals surface area (Å²) >= 11 is 0. The Hall–Kier alpha value is -2.08. The molecule has 0 radical (unpaired) electrons. The van der Waals surface area contributed by atoms with Crippen molar-refractivity contribution in [3.8, 4) is 11.8 Å². The molecule has 0 atom stereocenters. The average Bonchev–Trinajstić information content (AvgIpc) is 2.29. The van der Waals surface area contributed by atoms with Crippen LogP contribution in [0.25, 0.3) is 0 Å². The molecule has 1 rings (SSSR count). The summed E-state index contributed by atoms with van der Waals surface area (Å²) in [5.41, 5.74) is 1.89. The van der Waals surface area contributed by atoms with E-state index in [1.54, 1.807) is 12.1 Å². The number of carbonyl (C=O) groups is 1. The van der Waals surface area contributed by atoms with Gasteiger partial charge < -0.3 is 4.74 Å². The van der Waals surface area contributed by atoms with E-state index in [-0.39, 0.29) is 0 Å². The molecule has 0 saturated carbocycles. The van der Waals surface area contributed by atoms with E-state index in [2.05, 4.69) is 6.58 Å². The van der Waals surface area contributed by atoms with Gasteiger partial charge in [-0.2, -0.15) is 5.26 Å². The van der Waals surface area contributed by atoms with Crippen molar-refractivity contribution >= 4 is 6.29 Å². The van der Waals surface area contributed by atoms with Gasteiger partial charge >= 0.3 is 0 Å². The van der Waals surface area contributed by atoms with Crippen LogP contribution in [0.4, 0.5) is 0 Å². The van der Waals surface area contributed by atoms with Crippen LogP contribution in [-0.4, -0.2) is 12.9 Å². The van der Waals surface area contributed by atoms with E-state index in [0.717, 1.165) is 12.0 Å². The molecule has 0 fully saturated rings. The van der Waals surface area contributed by atoms with Crippen molar-refractivity contribution in [1.82, 2.24) is 0 Å². The zero-order valence-electron chi connectivity index (χ0n) is 9.19. The Balaban J connectivity index is 2.76. The maximum Gasteiger partial charge on any atom is 0.150 e. The van der Waals surface area contributed by atoms with Gasteiger partial charge in [-0.1, -0.05) is 5.57 Å². The summed E-state index contributed by atoms with van der Waals surface area (Å²) in [6.45, 7) is 6.18. The van der Waals surface area contributed by atoms with Gasteiger partial charge in [0.1, 0.15) is 18.1 Å². The number of rotatable bonds is 5. The minimum atomic E-state index is 0.381. The fraction of sp³-hybridized carbons (Fsp3) is 0.231. The van der Waals surface area contributed by atoms with Gasteiger partial charge in [-0.3, -0.25) is 4.79 Å². The Labute approximate surface area is 95.0 Å². The fourth-order valence-corrected chi connectivity index (χ4v) is 1.17. The molecule has 0 aliphatic rings. The van der Waals surface area contributed by atoms with E-state index < -0.39 is 0 Å². The van der Waals surface area contributed by atoms with Crippen molar-refractivity contribution in [2.24, 2.45) is 0 Å². The highest BCUT2D eigenvalue weighted by molar-refractivity contribution is 5.76. The van der Waals surface area contributed by atoms with E-state index >= 15 is 0 Å². The third-order valence-corrected chi connectivity index (χ3v) is 2.05. The van der Waals surface area contributed by atoms with E-state index in [4.69, 9.17) is 10.00 Å². The van der Waals surface area contributed by atoms with Crippen LogP contribution in [-0.2, 0) is 0 Å². The van der Waals surface area contributed by atoms with Gasteiger partial charge in [0.2, 0.25) is 0 Å². The summed E-state index contributed by atoms with van der Waals surface area (Å²) in [5, 5.41) is 8.88. The van der Waals surface area contributed by atoms with Crippen molar-refractivity contribution in [1.29, 1.82) is 5.26 Å². The lowest BCUT2D eigenvalue weighted by Gasteiger charge is -2.07. The third-order valence-electron chi connectivity index (χ3n) is 2.05. The van der Waals surface area contributed by atoms with Gasteiger partial charge in [-0.25, -0.2) is 0 Å². The Morgan fingerprint density at radius 3 is 2.94 bits per heavy atom. The van der Waals surface area contributed by atoms with Crippen LogP contribution in [0, 0.1) is 11.3 Å². The Morgan fingerprint density at radius 1 is 1.62 bits per heavy atom. The number of benzene rings is 1. The lowest BCUT2D eigenvalue weighted by molar-refractivity contribution is 0.112. The van der Waals surface area contributed by atoms with Crippen molar-refractivity contribution < 1.29 is 9.53 Å². The summed E-state index contributed by atoms with van der Waals surface area (Å²) in [4.78, 5) is 10.5. The van der Waals surface area contributed by atoms with Crippen LogP contribution in [0.1, 0.15) is 29.3 Å². The quantitative estimate of drug-likeness (QED) is 0.560. The number of nitrogens with zero attached hydrogens (tertiary/aromatic N) is 1. The molecule has 0 bridgehead atoms. The molecule has 0 aromatic heterocycles. The SMILES string of the molecule is C=C(C)CCOc1ccc(C=O)cc1C#N. The number of aldehydes is 1. The molecule has 1 aromatic rings. The lowest BCUT2D eigenvalue weighted by atomic mass is 10.1. The molecule has 3 nitrogen and oxygen atoms in total. The molecule has 0 N–H and O–H groups in total. The predicted molar refractivity (Wildman–Crippen MR) is 61.5 cm³/mol. The molecule has 0 spiro atoms. The normalized spacial score (nSPS) is 9.25. The van der Waals surface area contributed by atoms with E-state index in [9.17, 15) is 4.79 Å². The van der Waals surface area contributed by atoms with Gasteiger partial charge in [-0.15, -0.1) is 6.58 Å². The summed E-state index contributed by atoms with van der Waals surface area (Å²) < 4.78 is 5.44. The molecule has 0 saturated heterocycles. The van der Waals surface area contributed by atoms with Crippen molar-refractivity contribution in [2.45, 2.75) is 13.3 Å². The van der Waals surface area contributed by atoms with Crippen LogP contribution in [0.3, 0.4) is 0 Å². The third kappa shape index (κ3) is 3.25. The maximum absolute atomic E-state index is 10.5. The highest BCUT2D eigenvalue weighted by atomic mass is 16.5. The van der Waals surface area contributed by atoms with Crippen molar-refractivity contribution in [2.75, 3.05) is 6.61 Å². The molecule has 0 aliphatic heterocycles. The summed E-state index contributed by atoms with van der Waals surface area (Å²) in [6, 6.07) is 6.79. The van der Waals surface area contributed by atoms with Gasteiger partial charge in [0.25, 0.3) is 0 Å². The van der Waals surface area contributed by atoms with Crippen LogP contribution >= 0.6 is 0 Å². The molecule has 0 unspecified atom stereocenters. The second kappa shape index (κ2) is 5.72. The highest BCUT2D eigenvalue weighted by Crippen LogP contribution is 2.19. The Morgan fingerprint density at radius 2 is 2.38 bits per heavy atom. The largest absolute Gasteiger partial charge is 0.492 e. The Bertz CT molecular complexity index is 444. The molecule has 0 aliphatic carbocycles. The average molecular weight is 215 g/mol. The smallest absolute Gasteiger partial charge is 0.150 e. The van der Waals surface area contributed by atoms with E-state index in [1.165, 1.54) is 6.07 Å². The lowest BCUT2D eigenvalue weighted by Crippen LogP contribution is -1.99. The molecule has 0 amide bonds. The Kier molecular flexibility index (Phi) is 4.28. The zero-order valence-corrected chi connectivity index (χ0v) is 9.19. The molecule has 3 heteroatoms. The van der Waals surface area contributed by atoms with E-state index in [0.29, 0.717) is 29.8 Å². The molecular weight excluding hydrogens is 202 g/mol.